The smallest absolute Gasteiger partial charge is 0.217 e. The monoisotopic (exact) mass is 269 g/mol. The largest absolute Gasteiger partial charge is 0.349 e. The second-order valence-corrected chi connectivity index (χ2v) is 5.42. The minimum absolute atomic E-state index is 0.119. The summed E-state index contributed by atoms with van der Waals surface area (Å²) in [6, 6.07) is 0. The lowest BCUT2D eigenvalue weighted by atomic mass is 9.91. The summed E-state index contributed by atoms with van der Waals surface area (Å²) in [6.45, 7) is 6.04. The normalized spacial score (nSPS) is 12.2. The van der Waals surface area contributed by atoms with Crippen molar-refractivity contribution in [1.29, 1.82) is 0 Å². The summed E-state index contributed by atoms with van der Waals surface area (Å²) in [6.07, 6.45) is 10.3. The van der Waals surface area contributed by atoms with Crippen LogP contribution in [0.5, 0.6) is 0 Å². The average molecular weight is 269 g/mol. The van der Waals surface area contributed by atoms with Crippen LogP contribution in [-0.4, -0.2) is 18.2 Å². The molecule has 0 heterocycles. The van der Waals surface area contributed by atoms with Crippen LogP contribution < -0.4 is 5.32 Å². The van der Waals surface area contributed by atoms with Crippen LogP contribution in [0.3, 0.4) is 0 Å². The summed E-state index contributed by atoms with van der Waals surface area (Å²) in [5.74, 6) is 0.240. The Labute approximate surface area is 118 Å². The summed E-state index contributed by atoms with van der Waals surface area (Å²) >= 11 is 0. The van der Waals surface area contributed by atoms with Crippen LogP contribution in [0.15, 0.2) is 0 Å². The molecule has 0 fully saturated rings. The molecule has 0 aromatic heterocycles. The van der Waals surface area contributed by atoms with Crippen molar-refractivity contribution in [3.8, 4) is 0 Å². The topological polar surface area (TPSA) is 46.2 Å². The van der Waals surface area contributed by atoms with E-state index < -0.39 is 0 Å². The number of carbonyl (C=O) groups excluding carboxylic acids is 2. The van der Waals surface area contributed by atoms with Crippen molar-refractivity contribution in [3.63, 3.8) is 0 Å². The van der Waals surface area contributed by atoms with Crippen LogP contribution in [0.2, 0.25) is 0 Å². The van der Waals surface area contributed by atoms with Crippen molar-refractivity contribution in [2.24, 2.45) is 5.92 Å². The lowest BCUT2D eigenvalue weighted by Crippen LogP contribution is -2.31. The van der Waals surface area contributed by atoms with E-state index in [1.807, 2.05) is 0 Å². The first kappa shape index (κ1) is 18.1. The zero-order chi connectivity index (χ0) is 14.5. The van der Waals surface area contributed by atoms with Crippen molar-refractivity contribution >= 4 is 11.7 Å². The van der Waals surface area contributed by atoms with Gasteiger partial charge in [0, 0.05) is 12.8 Å². The van der Waals surface area contributed by atoms with E-state index >= 15 is 0 Å². The fourth-order valence-electron chi connectivity index (χ4n) is 2.28. The fraction of sp³-hybridized carbons (Fsp3) is 0.875. The number of rotatable bonds is 12. The maximum atomic E-state index is 12.1. The molecule has 0 aliphatic rings. The van der Waals surface area contributed by atoms with Gasteiger partial charge in [-0.25, -0.2) is 0 Å². The van der Waals surface area contributed by atoms with Crippen LogP contribution >= 0.6 is 0 Å². The molecule has 0 bridgehead atoms. The molecule has 1 N–H and O–H groups in total. The molecule has 0 radical (unpaired) electrons. The van der Waals surface area contributed by atoms with Gasteiger partial charge in [-0.3, -0.25) is 9.59 Å². The van der Waals surface area contributed by atoms with Crippen molar-refractivity contribution in [2.45, 2.75) is 78.6 Å². The summed E-state index contributed by atoms with van der Waals surface area (Å²) < 4.78 is 0. The van der Waals surface area contributed by atoms with Crippen molar-refractivity contribution in [2.75, 3.05) is 6.54 Å². The van der Waals surface area contributed by atoms with E-state index in [0.29, 0.717) is 0 Å². The molecule has 19 heavy (non-hydrogen) atoms. The SMILES string of the molecule is CCCCCCC(CCCCC)C(=O)CNC(C)=O. The average Bonchev–Trinajstić information content (AvgIpc) is 2.39. The molecule has 3 nitrogen and oxygen atoms in total. The number of ketones is 1. The lowest BCUT2D eigenvalue weighted by Gasteiger charge is -2.15. The molecule has 0 aromatic carbocycles. The van der Waals surface area contributed by atoms with Gasteiger partial charge in [-0.1, -0.05) is 58.8 Å². The number of nitrogens with one attached hydrogen (secondary N) is 1. The molecule has 1 unspecified atom stereocenters. The Balaban J connectivity index is 4.06. The molecule has 0 rings (SSSR count). The minimum atomic E-state index is -0.119. The molecule has 1 amide bonds. The van der Waals surface area contributed by atoms with Gasteiger partial charge in [0.15, 0.2) is 5.78 Å². The van der Waals surface area contributed by atoms with Gasteiger partial charge in [-0.15, -0.1) is 0 Å². The fourth-order valence-corrected chi connectivity index (χ4v) is 2.28. The molecule has 0 aliphatic heterocycles. The molecule has 3 heteroatoms. The third kappa shape index (κ3) is 10.7. The van der Waals surface area contributed by atoms with Crippen LogP contribution in [0.4, 0.5) is 0 Å². The Bertz CT molecular complexity index is 251. The first-order chi connectivity index (χ1) is 9.11. The number of Topliss-reactive ketones (excluding diaryl/α,β-unsaturated/α-hetero) is 1. The van der Waals surface area contributed by atoms with E-state index in [-0.39, 0.29) is 24.2 Å². The molecule has 112 valence electrons. The predicted octanol–water partition coefficient (Wildman–Crippen LogP) is 3.86. The second kappa shape index (κ2) is 12.2. The number of hydrogen-bond acceptors (Lipinski definition) is 2. The highest BCUT2D eigenvalue weighted by atomic mass is 16.2. The van der Waals surface area contributed by atoms with E-state index in [1.54, 1.807) is 0 Å². The number of hydrogen-bond donors (Lipinski definition) is 1. The van der Waals surface area contributed by atoms with E-state index in [2.05, 4.69) is 19.2 Å². The van der Waals surface area contributed by atoms with Gasteiger partial charge < -0.3 is 5.32 Å². The maximum absolute atomic E-state index is 12.1. The molecule has 0 saturated carbocycles. The Morgan fingerprint density at radius 1 is 0.895 bits per heavy atom. The summed E-state index contributed by atoms with van der Waals surface area (Å²) in [5, 5.41) is 2.63. The van der Waals surface area contributed by atoms with Gasteiger partial charge in [-0.05, 0) is 12.8 Å². The van der Waals surface area contributed by atoms with E-state index in [4.69, 9.17) is 0 Å². The molecule has 0 aliphatic carbocycles. The van der Waals surface area contributed by atoms with Crippen LogP contribution in [0, 0.1) is 5.92 Å². The minimum Gasteiger partial charge on any atom is -0.349 e. The Hall–Kier alpha value is -0.860. The third-order valence-corrected chi connectivity index (χ3v) is 3.53. The predicted molar refractivity (Wildman–Crippen MR) is 80.1 cm³/mol. The summed E-state index contributed by atoms with van der Waals surface area (Å²) in [5.41, 5.74) is 0. The zero-order valence-corrected chi connectivity index (χ0v) is 13.0. The van der Waals surface area contributed by atoms with Crippen molar-refractivity contribution < 1.29 is 9.59 Å². The van der Waals surface area contributed by atoms with Crippen LogP contribution in [0.25, 0.3) is 0 Å². The molecule has 1 atom stereocenters. The van der Waals surface area contributed by atoms with Crippen LogP contribution in [0.1, 0.15) is 78.6 Å². The first-order valence-corrected chi connectivity index (χ1v) is 7.88. The number of amides is 1. The standard InChI is InChI=1S/C16H31NO2/c1-4-6-8-10-12-15(11-9-7-5-2)16(19)13-17-14(3)18/h15H,4-13H2,1-3H3,(H,17,18). The molecule has 0 saturated heterocycles. The van der Waals surface area contributed by atoms with E-state index in [9.17, 15) is 9.59 Å². The van der Waals surface area contributed by atoms with Crippen molar-refractivity contribution in [1.82, 2.24) is 5.32 Å². The van der Waals surface area contributed by atoms with E-state index in [1.165, 1.54) is 39.0 Å². The number of unbranched alkanes of at least 4 members (excludes halogenated alkanes) is 5. The van der Waals surface area contributed by atoms with Gasteiger partial charge in [0.25, 0.3) is 0 Å². The molecular weight excluding hydrogens is 238 g/mol. The molecule has 0 aromatic rings. The van der Waals surface area contributed by atoms with Crippen LogP contribution in [-0.2, 0) is 9.59 Å². The van der Waals surface area contributed by atoms with Crippen molar-refractivity contribution in [3.05, 3.63) is 0 Å². The highest BCUT2D eigenvalue weighted by Gasteiger charge is 2.17. The zero-order valence-electron chi connectivity index (χ0n) is 13.0. The Kier molecular flexibility index (Phi) is 11.6. The highest BCUT2D eigenvalue weighted by Crippen LogP contribution is 2.18. The molecular formula is C16H31NO2. The molecule has 0 spiro atoms. The summed E-state index contributed by atoms with van der Waals surface area (Å²) in [4.78, 5) is 23.0. The summed E-state index contributed by atoms with van der Waals surface area (Å²) in [7, 11) is 0. The maximum Gasteiger partial charge on any atom is 0.217 e. The third-order valence-electron chi connectivity index (χ3n) is 3.53. The Morgan fingerprint density at radius 2 is 1.42 bits per heavy atom. The highest BCUT2D eigenvalue weighted by molar-refractivity contribution is 5.86. The quantitative estimate of drug-likeness (QED) is 0.547. The van der Waals surface area contributed by atoms with Gasteiger partial charge in [-0.2, -0.15) is 0 Å². The van der Waals surface area contributed by atoms with Gasteiger partial charge in [0.05, 0.1) is 6.54 Å². The first-order valence-electron chi connectivity index (χ1n) is 7.88. The number of carbonyl (C=O) groups is 2. The van der Waals surface area contributed by atoms with Gasteiger partial charge in [0.1, 0.15) is 0 Å². The second-order valence-electron chi connectivity index (χ2n) is 5.42. The van der Waals surface area contributed by atoms with Gasteiger partial charge >= 0.3 is 0 Å². The Morgan fingerprint density at radius 3 is 1.95 bits per heavy atom. The van der Waals surface area contributed by atoms with Gasteiger partial charge in [0.2, 0.25) is 5.91 Å². The van der Waals surface area contributed by atoms with E-state index in [0.717, 1.165) is 25.7 Å². The lowest BCUT2D eigenvalue weighted by molar-refractivity contribution is -0.126.